The molecule has 0 saturated heterocycles. The highest BCUT2D eigenvalue weighted by Crippen LogP contribution is 2.16. The van der Waals surface area contributed by atoms with Crippen LogP contribution in [0.15, 0.2) is 12.4 Å². The average Bonchev–Trinajstić information content (AvgIpc) is 3.09. The largest absolute Gasteiger partial charge is 0.383 e. The van der Waals surface area contributed by atoms with Gasteiger partial charge in [-0.3, -0.25) is 14.2 Å². The Hall–Kier alpha value is -2.15. The van der Waals surface area contributed by atoms with Gasteiger partial charge in [-0.1, -0.05) is 13.8 Å². The molecule has 0 aliphatic carbocycles. The summed E-state index contributed by atoms with van der Waals surface area (Å²) >= 11 is 0. The van der Waals surface area contributed by atoms with Crippen LogP contribution in [0.3, 0.4) is 0 Å². The lowest BCUT2D eigenvalue weighted by Gasteiger charge is -2.22. The fraction of sp³-hybridized carbons (Fsp3) is 0.611. The molecule has 0 spiro atoms. The first-order valence-corrected chi connectivity index (χ1v) is 8.63. The number of amides is 1. The van der Waals surface area contributed by atoms with E-state index in [0.29, 0.717) is 31.2 Å². The van der Waals surface area contributed by atoms with Crippen molar-refractivity contribution in [2.24, 2.45) is 13.0 Å². The molecule has 0 atom stereocenters. The van der Waals surface area contributed by atoms with Gasteiger partial charge in [-0.2, -0.15) is 10.2 Å². The molecule has 0 radical (unpaired) electrons. The Labute approximate surface area is 149 Å². The van der Waals surface area contributed by atoms with Crippen LogP contribution in [0, 0.1) is 19.8 Å². The van der Waals surface area contributed by atoms with Crippen LogP contribution >= 0.6 is 0 Å². The topological polar surface area (TPSA) is 65.2 Å². The first-order valence-electron chi connectivity index (χ1n) is 8.63. The number of hydrogen-bond donors (Lipinski definition) is 0. The highest BCUT2D eigenvalue weighted by Gasteiger charge is 2.21. The van der Waals surface area contributed by atoms with E-state index in [4.69, 9.17) is 4.74 Å². The van der Waals surface area contributed by atoms with Crippen molar-refractivity contribution in [2.45, 2.75) is 40.8 Å². The molecule has 2 rings (SSSR count). The van der Waals surface area contributed by atoms with Gasteiger partial charge >= 0.3 is 0 Å². The standard InChI is InChI=1S/C18H29N5O2/c1-13(2)10-23-11-16(9-19-23)18(24)22(7-8-25-6)12-17-14(3)20-21(5)15(17)4/h9,11,13H,7-8,10,12H2,1-6H3. The summed E-state index contributed by atoms with van der Waals surface area (Å²) in [5.74, 6) is 0.447. The molecule has 7 heteroatoms. The molecule has 0 aliphatic rings. The van der Waals surface area contributed by atoms with E-state index in [0.717, 1.165) is 23.5 Å². The fourth-order valence-corrected chi connectivity index (χ4v) is 2.82. The molecule has 2 heterocycles. The molecular formula is C18H29N5O2. The maximum atomic E-state index is 13.0. The lowest BCUT2D eigenvalue weighted by molar-refractivity contribution is 0.0679. The molecule has 0 unspecified atom stereocenters. The average molecular weight is 347 g/mol. The van der Waals surface area contributed by atoms with Crippen LogP contribution in [0.5, 0.6) is 0 Å². The van der Waals surface area contributed by atoms with Crippen LogP contribution in [0.4, 0.5) is 0 Å². The van der Waals surface area contributed by atoms with Gasteiger partial charge in [0.25, 0.3) is 5.91 Å². The summed E-state index contributed by atoms with van der Waals surface area (Å²) in [5, 5.41) is 8.75. The lowest BCUT2D eigenvalue weighted by Crippen LogP contribution is -2.33. The van der Waals surface area contributed by atoms with E-state index in [1.807, 2.05) is 36.5 Å². The quantitative estimate of drug-likeness (QED) is 0.734. The second-order valence-electron chi connectivity index (χ2n) is 6.84. The fourth-order valence-electron chi connectivity index (χ4n) is 2.82. The number of methoxy groups -OCH3 is 1. The van der Waals surface area contributed by atoms with Gasteiger partial charge in [0, 0.05) is 51.2 Å². The molecule has 138 valence electrons. The Morgan fingerprint density at radius 3 is 2.64 bits per heavy atom. The van der Waals surface area contributed by atoms with Crippen LogP contribution in [0.2, 0.25) is 0 Å². The molecule has 2 aromatic heterocycles. The van der Waals surface area contributed by atoms with E-state index in [1.54, 1.807) is 18.2 Å². The Morgan fingerprint density at radius 1 is 1.36 bits per heavy atom. The molecule has 25 heavy (non-hydrogen) atoms. The van der Waals surface area contributed by atoms with Crippen LogP contribution in [-0.4, -0.2) is 50.6 Å². The van der Waals surface area contributed by atoms with Gasteiger partial charge in [0.2, 0.25) is 0 Å². The van der Waals surface area contributed by atoms with Gasteiger partial charge in [-0.05, 0) is 19.8 Å². The minimum Gasteiger partial charge on any atom is -0.383 e. The van der Waals surface area contributed by atoms with Gasteiger partial charge in [0.15, 0.2) is 0 Å². The SMILES string of the molecule is COCCN(Cc1c(C)nn(C)c1C)C(=O)c1cnn(CC(C)C)c1. The van der Waals surface area contributed by atoms with Crippen molar-refractivity contribution in [3.63, 3.8) is 0 Å². The number of carbonyl (C=O) groups is 1. The van der Waals surface area contributed by atoms with Crippen LogP contribution in [-0.2, 0) is 24.9 Å². The smallest absolute Gasteiger partial charge is 0.257 e. The normalized spacial score (nSPS) is 11.3. The van der Waals surface area contributed by atoms with Crippen molar-refractivity contribution in [3.05, 3.63) is 34.9 Å². The maximum Gasteiger partial charge on any atom is 0.257 e. The van der Waals surface area contributed by atoms with Crippen molar-refractivity contribution in [1.82, 2.24) is 24.5 Å². The lowest BCUT2D eigenvalue weighted by atomic mass is 10.1. The molecule has 0 aliphatic heterocycles. The van der Waals surface area contributed by atoms with Gasteiger partial charge in [-0.25, -0.2) is 0 Å². The predicted octanol–water partition coefficient (Wildman–Crippen LogP) is 2.18. The highest BCUT2D eigenvalue weighted by molar-refractivity contribution is 5.93. The van der Waals surface area contributed by atoms with Gasteiger partial charge in [0.05, 0.1) is 24.1 Å². The minimum absolute atomic E-state index is 0.0327. The highest BCUT2D eigenvalue weighted by atomic mass is 16.5. The molecule has 7 nitrogen and oxygen atoms in total. The second kappa shape index (κ2) is 8.29. The summed E-state index contributed by atoms with van der Waals surface area (Å²) in [4.78, 5) is 14.8. The summed E-state index contributed by atoms with van der Waals surface area (Å²) in [6.07, 6.45) is 3.47. The Balaban J connectivity index is 2.21. The summed E-state index contributed by atoms with van der Waals surface area (Å²) in [7, 11) is 3.56. The molecule has 0 bridgehead atoms. The third-order valence-corrected chi connectivity index (χ3v) is 4.29. The summed E-state index contributed by atoms with van der Waals surface area (Å²) < 4.78 is 8.86. The summed E-state index contributed by atoms with van der Waals surface area (Å²) in [6.45, 7) is 10.6. The van der Waals surface area contributed by atoms with E-state index in [2.05, 4.69) is 24.0 Å². The molecule has 0 fully saturated rings. The monoisotopic (exact) mass is 347 g/mol. The zero-order valence-corrected chi connectivity index (χ0v) is 16.1. The Kier molecular flexibility index (Phi) is 6.36. The van der Waals surface area contributed by atoms with E-state index < -0.39 is 0 Å². The molecule has 0 aromatic carbocycles. The second-order valence-corrected chi connectivity index (χ2v) is 6.84. The summed E-state index contributed by atoms with van der Waals surface area (Å²) in [6, 6.07) is 0. The van der Waals surface area contributed by atoms with E-state index in [9.17, 15) is 4.79 Å². The molecule has 0 N–H and O–H groups in total. The summed E-state index contributed by atoms with van der Waals surface area (Å²) in [5.41, 5.74) is 3.71. The number of ether oxygens (including phenoxy) is 1. The van der Waals surface area contributed by atoms with Crippen molar-refractivity contribution in [3.8, 4) is 0 Å². The molecule has 1 amide bonds. The van der Waals surface area contributed by atoms with Crippen LogP contribution in [0.1, 0.15) is 41.2 Å². The number of aryl methyl sites for hydroxylation is 2. The van der Waals surface area contributed by atoms with Gasteiger partial charge in [-0.15, -0.1) is 0 Å². The van der Waals surface area contributed by atoms with E-state index in [1.165, 1.54) is 0 Å². The third-order valence-electron chi connectivity index (χ3n) is 4.29. The number of nitrogens with zero attached hydrogens (tertiary/aromatic N) is 5. The first kappa shape index (κ1) is 19.2. The van der Waals surface area contributed by atoms with Crippen molar-refractivity contribution in [2.75, 3.05) is 20.3 Å². The zero-order chi connectivity index (χ0) is 18.6. The van der Waals surface area contributed by atoms with Crippen molar-refractivity contribution in [1.29, 1.82) is 0 Å². The number of rotatable bonds is 8. The molecule has 0 saturated carbocycles. The number of aromatic nitrogens is 4. The maximum absolute atomic E-state index is 13.0. The minimum atomic E-state index is -0.0327. The van der Waals surface area contributed by atoms with Crippen LogP contribution < -0.4 is 0 Å². The Bertz CT molecular complexity index is 717. The number of hydrogen-bond acceptors (Lipinski definition) is 4. The van der Waals surface area contributed by atoms with Crippen molar-refractivity contribution >= 4 is 5.91 Å². The van der Waals surface area contributed by atoms with Crippen molar-refractivity contribution < 1.29 is 9.53 Å². The van der Waals surface area contributed by atoms with E-state index >= 15 is 0 Å². The molecular weight excluding hydrogens is 318 g/mol. The van der Waals surface area contributed by atoms with Gasteiger partial charge < -0.3 is 9.64 Å². The first-order chi connectivity index (χ1) is 11.8. The number of carbonyl (C=O) groups excluding carboxylic acids is 1. The third kappa shape index (κ3) is 4.69. The van der Waals surface area contributed by atoms with E-state index in [-0.39, 0.29) is 5.91 Å². The molecule has 2 aromatic rings. The van der Waals surface area contributed by atoms with Gasteiger partial charge in [0.1, 0.15) is 0 Å². The zero-order valence-electron chi connectivity index (χ0n) is 16.1. The predicted molar refractivity (Wildman–Crippen MR) is 96.4 cm³/mol. The Morgan fingerprint density at radius 2 is 2.08 bits per heavy atom. The van der Waals surface area contributed by atoms with Crippen LogP contribution in [0.25, 0.3) is 0 Å².